The van der Waals surface area contributed by atoms with Crippen LogP contribution in [0.15, 0.2) is 0 Å². The molecule has 1 fully saturated rings. The van der Waals surface area contributed by atoms with Crippen molar-refractivity contribution in [3.05, 3.63) is 0 Å². The summed E-state index contributed by atoms with van der Waals surface area (Å²) in [5.41, 5.74) is -0.927. The molecule has 0 aliphatic heterocycles. The summed E-state index contributed by atoms with van der Waals surface area (Å²) in [6, 6.07) is 0.128. The standard InChI is InChI=1S/C15H29NO4/c1-11(2)16-15(3,14(17)18)8-9-20-13-7-5-6-12(10-13)19-4/h11-13,16H,5-10H2,1-4H3,(H,17,18). The predicted molar refractivity (Wildman–Crippen MR) is 77.9 cm³/mol. The van der Waals surface area contributed by atoms with Gasteiger partial charge in [-0.15, -0.1) is 0 Å². The van der Waals surface area contributed by atoms with Crippen LogP contribution in [0, 0.1) is 0 Å². The summed E-state index contributed by atoms with van der Waals surface area (Å²) in [6.07, 6.45) is 5.12. The van der Waals surface area contributed by atoms with Gasteiger partial charge in [-0.05, 0) is 52.9 Å². The lowest BCUT2D eigenvalue weighted by Gasteiger charge is -2.31. The van der Waals surface area contributed by atoms with E-state index in [1.165, 1.54) is 0 Å². The van der Waals surface area contributed by atoms with Crippen LogP contribution in [0.1, 0.15) is 52.9 Å². The highest BCUT2D eigenvalue weighted by atomic mass is 16.5. The highest BCUT2D eigenvalue weighted by molar-refractivity contribution is 5.78. The maximum Gasteiger partial charge on any atom is 0.323 e. The number of carboxylic acid groups (broad SMARTS) is 1. The van der Waals surface area contributed by atoms with Gasteiger partial charge in [0.15, 0.2) is 0 Å². The zero-order valence-corrected chi connectivity index (χ0v) is 13.1. The fourth-order valence-corrected chi connectivity index (χ4v) is 2.78. The fourth-order valence-electron chi connectivity index (χ4n) is 2.78. The van der Waals surface area contributed by atoms with Crippen LogP contribution in [0.3, 0.4) is 0 Å². The number of rotatable bonds is 8. The van der Waals surface area contributed by atoms with Crippen LogP contribution in [-0.4, -0.2) is 48.6 Å². The average molecular weight is 287 g/mol. The molecule has 0 radical (unpaired) electrons. The minimum atomic E-state index is -0.927. The third-order valence-corrected chi connectivity index (χ3v) is 3.95. The molecule has 2 N–H and O–H groups in total. The quantitative estimate of drug-likeness (QED) is 0.716. The first-order chi connectivity index (χ1) is 9.37. The molecule has 3 atom stereocenters. The van der Waals surface area contributed by atoms with E-state index in [1.54, 1.807) is 14.0 Å². The Balaban J connectivity index is 2.38. The van der Waals surface area contributed by atoms with Gasteiger partial charge in [0.05, 0.1) is 12.2 Å². The van der Waals surface area contributed by atoms with Crippen molar-refractivity contribution in [2.75, 3.05) is 13.7 Å². The molecule has 118 valence electrons. The molecule has 0 heterocycles. The van der Waals surface area contributed by atoms with Crippen molar-refractivity contribution >= 4 is 5.97 Å². The minimum absolute atomic E-state index is 0.128. The lowest BCUT2D eigenvalue weighted by atomic mass is 9.94. The largest absolute Gasteiger partial charge is 0.480 e. The topological polar surface area (TPSA) is 67.8 Å². The van der Waals surface area contributed by atoms with Crippen molar-refractivity contribution in [2.45, 2.75) is 76.7 Å². The minimum Gasteiger partial charge on any atom is -0.480 e. The van der Waals surface area contributed by atoms with Gasteiger partial charge < -0.3 is 14.6 Å². The van der Waals surface area contributed by atoms with Crippen molar-refractivity contribution in [3.63, 3.8) is 0 Å². The van der Waals surface area contributed by atoms with E-state index in [2.05, 4.69) is 5.32 Å². The predicted octanol–water partition coefficient (Wildman–Crippen LogP) is 2.19. The number of hydrogen-bond donors (Lipinski definition) is 2. The number of carbonyl (C=O) groups is 1. The van der Waals surface area contributed by atoms with E-state index >= 15 is 0 Å². The Bertz CT molecular complexity index is 308. The molecule has 0 amide bonds. The maximum absolute atomic E-state index is 11.4. The summed E-state index contributed by atoms with van der Waals surface area (Å²) in [5, 5.41) is 12.5. The number of carboxylic acids is 1. The molecule has 0 aromatic heterocycles. The van der Waals surface area contributed by atoms with E-state index in [4.69, 9.17) is 9.47 Å². The van der Waals surface area contributed by atoms with Crippen molar-refractivity contribution in [3.8, 4) is 0 Å². The first kappa shape index (κ1) is 17.4. The molecule has 5 heteroatoms. The third-order valence-electron chi connectivity index (χ3n) is 3.95. The number of hydrogen-bond acceptors (Lipinski definition) is 4. The van der Waals surface area contributed by atoms with Crippen LogP contribution in [0.25, 0.3) is 0 Å². The zero-order valence-electron chi connectivity index (χ0n) is 13.1. The fraction of sp³-hybridized carbons (Fsp3) is 0.933. The van der Waals surface area contributed by atoms with Crippen molar-refractivity contribution in [2.24, 2.45) is 0 Å². The smallest absolute Gasteiger partial charge is 0.323 e. The Morgan fingerprint density at radius 1 is 1.40 bits per heavy atom. The summed E-state index contributed by atoms with van der Waals surface area (Å²) in [7, 11) is 1.74. The highest BCUT2D eigenvalue weighted by Crippen LogP contribution is 2.23. The van der Waals surface area contributed by atoms with Gasteiger partial charge in [-0.2, -0.15) is 0 Å². The Morgan fingerprint density at radius 2 is 2.05 bits per heavy atom. The molecule has 0 aromatic carbocycles. The Kier molecular flexibility index (Phi) is 6.92. The van der Waals surface area contributed by atoms with Crippen LogP contribution in [0.4, 0.5) is 0 Å². The van der Waals surface area contributed by atoms with Crippen molar-refractivity contribution < 1.29 is 19.4 Å². The number of aliphatic carboxylic acids is 1. The van der Waals surface area contributed by atoms with Gasteiger partial charge in [0.25, 0.3) is 0 Å². The molecule has 0 aromatic rings. The van der Waals surface area contributed by atoms with Gasteiger partial charge in [-0.25, -0.2) is 0 Å². The Hall–Kier alpha value is -0.650. The molecule has 1 aliphatic carbocycles. The molecule has 1 aliphatic rings. The molecule has 1 rings (SSSR count). The second-order valence-corrected chi connectivity index (χ2v) is 6.20. The first-order valence-electron chi connectivity index (χ1n) is 7.53. The van der Waals surface area contributed by atoms with Gasteiger partial charge in [0, 0.05) is 19.8 Å². The van der Waals surface area contributed by atoms with E-state index < -0.39 is 11.5 Å². The molecule has 5 nitrogen and oxygen atoms in total. The lowest BCUT2D eigenvalue weighted by Crippen LogP contribution is -2.53. The van der Waals surface area contributed by atoms with Gasteiger partial charge in [0.1, 0.15) is 5.54 Å². The Labute approximate surface area is 122 Å². The van der Waals surface area contributed by atoms with E-state index in [-0.39, 0.29) is 18.2 Å². The Morgan fingerprint density at radius 3 is 2.60 bits per heavy atom. The molecule has 0 saturated heterocycles. The van der Waals surface area contributed by atoms with Gasteiger partial charge in [0.2, 0.25) is 0 Å². The van der Waals surface area contributed by atoms with Crippen LogP contribution in [-0.2, 0) is 14.3 Å². The summed E-state index contributed by atoms with van der Waals surface area (Å²) >= 11 is 0. The molecule has 0 bridgehead atoms. The van der Waals surface area contributed by atoms with Crippen molar-refractivity contribution in [1.82, 2.24) is 5.32 Å². The normalized spacial score (nSPS) is 26.4. The van der Waals surface area contributed by atoms with E-state index in [0.717, 1.165) is 25.7 Å². The van der Waals surface area contributed by atoms with Crippen LogP contribution >= 0.6 is 0 Å². The van der Waals surface area contributed by atoms with Gasteiger partial charge >= 0.3 is 5.97 Å². The highest BCUT2D eigenvalue weighted by Gasteiger charge is 2.33. The molecule has 3 unspecified atom stereocenters. The van der Waals surface area contributed by atoms with Crippen LogP contribution < -0.4 is 5.32 Å². The zero-order chi connectivity index (χ0) is 15.2. The number of nitrogens with one attached hydrogen (secondary N) is 1. The monoisotopic (exact) mass is 287 g/mol. The summed E-state index contributed by atoms with van der Waals surface area (Å²) in [6.45, 7) is 6.08. The molecule has 0 spiro atoms. The van der Waals surface area contributed by atoms with Crippen LogP contribution in [0.2, 0.25) is 0 Å². The van der Waals surface area contributed by atoms with Gasteiger partial charge in [-0.3, -0.25) is 10.1 Å². The maximum atomic E-state index is 11.4. The average Bonchev–Trinajstić information content (AvgIpc) is 2.38. The van der Waals surface area contributed by atoms with E-state index in [9.17, 15) is 9.90 Å². The van der Waals surface area contributed by atoms with E-state index in [0.29, 0.717) is 13.0 Å². The molecular weight excluding hydrogens is 258 g/mol. The number of methoxy groups -OCH3 is 1. The van der Waals surface area contributed by atoms with Crippen molar-refractivity contribution in [1.29, 1.82) is 0 Å². The summed E-state index contributed by atoms with van der Waals surface area (Å²) in [4.78, 5) is 11.4. The van der Waals surface area contributed by atoms with Crippen LogP contribution in [0.5, 0.6) is 0 Å². The molecular formula is C15H29NO4. The second kappa shape index (κ2) is 7.96. The SMILES string of the molecule is COC1CCCC(OCCC(C)(NC(C)C)C(=O)O)C1. The third kappa shape index (κ3) is 5.38. The van der Waals surface area contributed by atoms with E-state index in [1.807, 2.05) is 13.8 Å². The summed E-state index contributed by atoms with van der Waals surface area (Å²) in [5.74, 6) is -0.826. The molecule has 20 heavy (non-hydrogen) atoms. The second-order valence-electron chi connectivity index (χ2n) is 6.20. The van der Waals surface area contributed by atoms with Gasteiger partial charge in [-0.1, -0.05) is 0 Å². The summed E-state index contributed by atoms with van der Waals surface area (Å²) < 4.78 is 11.2. The molecule has 1 saturated carbocycles. The number of ether oxygens (including phenoxy) is 2. The lowest BCUT2D eigenvalue weighted by molar-refractivity contribution is -0.145. The first-order valence-corrected chi connectivity index (χ1v) is 7.53.